The van der Waals surface area contributed by atoms with Crippen molar-refractivity contribution < 1.29 is 19.2 Å². The van der Waals surface area contributed by atoms with E-state index in [0.717, 1.165) is 11.1 Å². The predicted octanol–water partition coefficient (Wildman–Crippen LogP) is 4.51. The van der Waals surface area contributed by atoms with Crippen LogP contribution < -0.4 is 0 Å². The van der Waals surface area contributed by atoms with Crippen molar-refractivity contribution in [2.24, 2.45) is 0 Å². The normalized spacial score (nSPS) is 10.5. The lowest BCUT2D eigenvalue weighted by molar-refractivity contribution is -0.384. The summed E-state index contributed by atoms with van der Waals surface area (Å²) in [5.41, 5.74) is 2.29. The number of nitro groups is 1. The zero-order valence-corrected chi connectivity index (χ0v) is 13.6. The number of aromatic hydroxyl groups is 1. The maximum atomic E-state index is 13.1. The van der Waals surface area contributed by atoms with Crippen LogP contribution in [0.2, 0.25) is 0 Å². The number of hydrogen-bond donors (Lipinski definition) is 1. The number of aldehydes is 1. The van der Waals surface area contributed by atoms with E-state index in [1.807, 2.05) is 0 Å². The largest absolute Gasteiger partial charge is 0.507 e. The van der Waals surface area contributed by atoms with E-state index in [9.17, 15) is 24.4 Å². The summed E-state index contributed by atoms with van der Waals surface area (Å²) in [5, 5.41) is 21.3. The van der Waals surface area contributed by atoms with Crippen molar-refractivity contribution in [3.63, 3.8) is 0 Å². The van der Waals surface area contributed by atoms with Crippen molar-refractivity contribution in [2.75, 3.05) is 0 Å². The van der Waals surface area contributed by atoms with Crippen molar-refractivity contribution in [3.8, 4) is 16.9 Å². The van der Waals surface area contributed by atoms with E-state index < -0.39 is 4.92 Å². The van der Waals surface area contributed by atoms with Crippen LogP contribution in [0.4, 0.5) is 10.1 Å². The molecule has 0 bridgehead atoms. The predicted molar refractivity (Wildman–Crippen MR) is 94.8 cm³/mol. The van der Waals surface area contributed by atoms with Gasteiger partial charge in [-0.15, -0.1) is 0 Å². The number of halogens is 1. The molecule has 0 saturated carbocycles. The minimum atomic E-state index is -0.524. The Kier molecular flexibility index (Phi) is 4.75. The number of phenolic OH excluding ortho intramolecular Hbond substituents is 1. The molecule has 1 N–H and O–H groups in total. The summed E-state index contributed by atoms with van der Waals surface area (Å²) >= 11 is 0. The van der Waals surface area contributed by atoms with Gasteiger partial charge in [0.15, 0.2) is 6.29 Å². The molecule has 3 aromatic carbocycles. The van der Waals surface area contributed by atoms with Gasteiger partial charge in [0, 0.05) is 17.7 Å². The molecule has 0 aliphatic carbocycles. The van der Waals surface area contributed by atoms with Gasteiger partial charge in [-0.1, -0.05) is 24.3 Å². The van der Waals surface area contributed by atoms with Gasteiger partial charge < -0.3 is 5.11 Å². The zero-order valence-electron chi connectivity index (χ0n) is 13.6. The highest BCUT2D eigenvalue weighted by atomic mass is 19.1. The number of benzene rings is 3. The second-order valence-corrected chi connectivity index (χ2v) is 5.81. The fourth-order valence-electron chi connectivity index (χ4n) is 2.76. The van der Waals surface area contributed by atoms with Gasteiger partial charge in [-0.2, -0.15) is 0 Å². The number of non-ortho nitro benzene ring substituents is 1. The minimum Gasteiger partial charge on any atom is -0.507 e. The topological polar surface area (TPSA) is 80.4 Å². The lowest BCUT2D eigenvalue weighted by atomic mass is 9.95. The van der Waals surface area contributed by atoms with Gasteiger partial charge in [-0.3, -0.25) is 14.9 Å². The smallest absolute Gasteiger partial charge is 0.270 e. The van der Waals surface area contributed by atoms with E-state index in [-0.39, 0.29) is 22.8 Å². The van der Waals surface area contributed by atoms with Crippen LogP contribution in [0, 0.1) is 15.9 Å². The summed E-state index contributed by atoms with van der Waals surface area (Å²) in [5.74, 6) is -0.575. The van der Waals surface area contributed by atoms with Crippen LogP contribution in [-0.2, 0) is 6.42 Å². The Morgan fingerprint density at radius 2 is 1.77 bits per heavy atom. The van der Waals surface area contributed by atoms with Gasteiger partial charge >= 0.3 is 0 Å². The van der Waals surface area contributed by atoms with E-state index >= 15 is 0 Å². The van der Waals surface area contributed by atoms with Crippen molar-refractivity contribution in [1.82, 2.24) is 0 Å². The zero-order chi connectivity index (χ0) is 18.7. The third kappa shape index (κ3) is 3.59. The van der Waals surface area contributed by atoms with Crippen molar-refractivity contribution >= 4 is 12.0 Å². The highest BCUT2D eigenvalue weighted by Crippen LogP contribution is 2.35. The Hall–Kier alpha value is -3.54. The van der Waals surface area contributed by atoms with Crippen LogP contribution in [-0.4, -0.2) is 16.3 Å². The van der Waals surface area contributed by atoms with Crippen LogP contribution in [0.1, 0.15) is 21.5 Å². The summed E-state index contributed by atoms with van der Waals surface area (Å²) in [6.07, 6.45) is 0.952. The number of nitrogens with zero attached hydrogens (tertiary/aromatic N) is 1. The molecule has 130 valence electrons. The van der Waals surface area contributed by atoms with Gasteiger partial charge in [0.05, 0.1) is 10.5 Å². The Morgan fingerprint density at radius 3 is 2.42 bits per heavy atom. The van der Waals surface area contributed by atoms with Crippen LogP contribution >= 0.6 is 0 Å². The second kappa shape index (κ2) is 7.14. The van der Waals surface area contributed by atoms with Gasteiger partial charge in [0.25, 0.3) is 5.69 Å². The third-order valence-electron chi connectivity index (χ3n) is 4.02. The maximum Gasteiger partial charge on any atom is 0.270 e. The first-order chi connectivity index (χ1) is 12.5. The van der Waals surface area contributed by atoms with Crippen LogP contribution in [0.15, 0.2) is 60.7 Å². The molecule has 5 nitrogen and oxygen atoms in total. The Labute approximate surface area is 148 Å². The van der Waals surface area contributed by atoms with Crippen molar-refractivity contribution in [1.29, 1.82) is 0 Å². The first-order valence-electron chi connectivity index (χ1n) is 7.78. The molecule has 3 rings (SSSR count). The van der Waals surface area contributed by atoms with Gasteiger partial charge in [-0.25, -0.2) is 4.39 Å². The van der Waals surface area contributed by atoms with E-state index in [1.165, 1.54) is 30.3 Å². The average molecular weight is 351 g/mol. The van der Waals surface area contributed by atoms with E-state index in [2.05, 4.69) is 0 Å². The van der Waals surface area contributed by atoms with Crippen molar-refractivity contribution in [2.45, 2.75) is 6.42 Å². The lowest BCUT2D eigenvalue weighted by Gasteiger charge is -2.11. The highest BCUT2D eigenvalue weighted by Gasteiger charge is 2.14. The molecule has 0 saturated heterocycles. The molecule has 3 aromatic rings. The number of carbonyl (C=O) groups is 1. The Bertz CT molecular complexity index is 984. The number of hydrogen-bond acceptors (Lipinski definition) is 4. The molecule has 0 radical (unpaired) electrons. The number of carbonyl (C=O) groups excluding carboxylic acids is 1. The molecule has 0 aliphatic heterocycles. The molecular formula is C20H14FNO4. The summed E-state index contributed by atoms with van der Waals surface area (Å²) in [7, 11) is 0. The fourth-order valence-corrected chi connectivity index (χ4v) is 2.76. The SMILES string of the molecule is O=Cc1cc(Cc2ccc(F)cc2)cc(-c2cccc([N+](=O)[O-])c2)c1O. The molecule has 0 aromatic heterocycles. The number of rotatable bonds is 5. The molecule has 0 amide bonds. The fraction of sp³-hybridized carbons (Fsp3) is 0.0500. The first kappa shape index (κ1) is 17.3. The Balaban J connectivity index is 2.07. The third-order valence-corrected chi connectivity index (χ3v) is 4.02. The standard InChI is InChI=1S/C20H14FNO4/c21-17-6-4-13(5-7-17)8-14-9-16(12-23)20(24)19(10-14)15-2-1-3-18(11-15)22(25)26/h1-7,9-12,24H,8H2. The summed E-state index contributed by atoms with van der Waals surface area (Å²) in [6.45, 7) is 0. The van der Waals surface area contributed by atoms with Gasteiger partial charge in [0.1, 0.15) is 11.6 Å². The van der Waals surface area contributed by atoms with Crippen LogP contribution in [0.5, 0.6) is 5.75 Å². The second-order valence-electron chi connectivity index (χ2n) is 5.81. The van der Waals surface area contributed by atoms with Crippen LogP contribution in [0.3, 0.4) is 0 Å². The molecule has 6 heteroatoms. The molecule has 0 unspecified atom stereocenters. The number of nitro benzene ring substituents is 1. The van der Waals surface area contributed by atoms with E-state index in [0.29, 0.717) is 23.8 Å². The lowest BCUT2D eigenvalue weighted by Crippen LogP contribution is -1.95. The molecular weight excluding hydrogens is 337 g/mol. The number of phenols is 1. The summed E-state index contributed by atoms with van der Waals surface area (Å²) in [4.78, 5) is 21.8. The van der Waals surface area contributed by atoms with Gasteiger partial charge in [0.2, 0.25) is 0 Å². The maximum absolute atomic E-state index is 13.1. The molecule has 0 heterocycles. The molecule has 26 heavy (non-hydrogen) atoms. The van der Waals surface area contributed by atoms with Gasteiger partial charge in [-0.05, 0) is 47.4 Å². The van der Waals surface area contributed by atoms with Crippen molar-refractivity contribution in [3.05, 3.63) is 93.3 Å². The Morgan fingerprint density at radius 1 is 1.04 bits per heavy atom. The molecule has 0 fully saturated rings. The molecule has 0 aliphatic rings. The average Bonchev–Trinajstić information content (AvgIpc) is 2.65. The quantitative estimate of drug-likeness (QED) is 0.417. The summed E-state index contributed by atoms with van der Waals surface area (Å²) < 4.78 is 13.1. The minimum absolute atomic E-state index is 0.0890. The molecule has 0 spiro atoms. The summed E-state index contributed by atoms with van der Waals surface area (Å²) in [6, 6.07) is 15.0. The van der Waals surface area contributed by atoms with E-state index in [4.69, 9.17) is 0 Å². The molecule has 0 atom stereocenters. The first-order valence-corrected chi connectivity index (χ1v) is 7.78. The highest BCUT2D eigenvalue weighted by molar-refractivity contribution is 5.86. The van der Waals surface area contributed by atoms with E-state index in [1.54, 1.807) is 30.3 Å². The van der Waals surface area contributed by atoms with Crippen LogP contribution in [0.25, 0.3) is 11.1 Å². The monoisotopic (exact) mass is 351 g/mol.